The molecule has 35 heavy (non-hydrogen) atoms. The molecular weight excluding hydrogens is 552 g/mol. The minimum Gasteiger partial charge on any atom is -0.342 e. The molecule has 2 aromatic carbocycles. The lowest BCUT2D eigenvalue weighted by atomic mass is 10.0. The molecule has 0 aliphatic carbocycles. The SMILES string of the molecule is CC(C)C[C@@H](NC(=O)c1ccccc1Cl)c1nnc(SCC(=O)Nc2cc(Cl)c(Cl)cc2Cl)n1C. The van der Waals surface area contributed by atoms with Gasteiger partial charge < -0.3 is 15.2 Å². The number of nitrogens with zero attached hydrogens (tertiary/aromatic N) is 3. The third kappa shape index (κ3) is 7.27. The standard InChI is InChI=1S/C23H23Cl4N5O2S/c1-12(2)8-19(29-22(34)13-6-4-5-7-14(13)24)21-30-31-23(32(21)3)35-11-20(33)28-18-10-16(26)15(25)9-17(18)27/h4-7,9-10,12,19H,8,11H2,1-3H3,(H,28,33)(H,29,34)/t19-/m1/s1. The average Bonchev–Trinajstić information content (AvgIpc) is 3.15. The van der Waals surface area contributed by atoms with Gasteiger partial charge in [-0.3, -0.25) is 9.59 Å². The van der Waals surface area contributed by atoms with E-state index in [1.807, 2.05) is 0 Å². The van der Waals surface area contributed by atoms with Crippen molar-refractivity contribution in [2.75, 3.05) is 11.1 Å². The van der Waals surface area contributed by atoms with E-state index in [4.69, 9.17) is 46.4 Å². The van der Waals surface area contributed by atoms with E-state index >= 15 is 0 Å². The lowest BCUT2D eigenvalue weighted by Crippen LogP contribution is -2.31. The number of aromatic nitrogens is 3. The van der Waals surface area contributed by atoms with Crippen LogP contribution in [0.3, 0.4) is 0 Å². The van der Waals surface area contributed by atoms with Gasteiger partial charge in [-0.1, -0.05) is 84.1 Å². The van der Waals surface area contributed by atoms with E-state index in [0.717, 1.165) is 0 Å². The molecule has 0 aliphatic rings. The van der Waals surface area contributed by atoms with Gasteiger partial charge in [0, 0.05) is 7.05 Å². The van der Waals surface area contributed by atoms with Crippen LogP contribution in [0.25, 0.3) is 0 Å². The number of carbonyl (C=O) groups is 2. The number of amides is 2. The van der Waals surface area contributed by atoms with E-state index in [1.54, 1.807) is 35.9 Å². The summed E-state index contributed by atoms with van der Waals surface area (Å²) >= 11 is 25.5. The van der Waals surface area contributed by atoms with E-state index in [9.17, 15) is 9.59 Å². The van der Waals surface area contributed by atoms with Gasteiger partial charge >= 0.3 is 0 Å². The molecule has 0 aliphatic heterocycles. The highest BCUT2D eigenvalue weighted by Gasteiger charge is 2.24. The van der Waals surface area contributed by atoms with Crippen molar-refractivity contribution in [3.63, 3.8) is 0 Å². The molecule has 0 saturated carbocycles. The third-order valence-corrected chi connectivity index (χ3v) is 7.31. The fourth-order valence-electron chi connectivity index (χ4n) is 3.27. The second kappa shape index (κ2) is 12.3. The Balaban J connectivity index is 1.70. The van der Waals surface area contributed by atoms with Gasteiger partial charge in [0.2, 0.25) is 5.91 Å². The van der Waals surface area contributed by atoms with Crippen molar-refractivity contribution in [3.05, 3.63) is 67.9 Å². The number of rotatable bonds is 9. The van der Waals surface area contributed by atoms with Gasteiger partial charge in [0.15, 0.2) is 11.0 Å². The first-order valence-electron chi connectivity index (χ1n) is 10.6. The molecule has 1 heterocycles. The number of benzene rings is 2. The van der Waals surface area contributed by atoms with Crippen molar-refractivity contribution in [3.8, 4) is 0 Å². The van der Waals surface area contributed by atoms with Gasteiger partial charge in [-0.2, -0.15) is 0 Å². The van der Waals surface area contributed by atoms with Gasteiger partial charge in [-0.15, -0.1) is 10.2 Å². The van der Waals surface area contributed by atoms with E-state index in [2.05, 4.69) is 34.7 Å². The minimum absolute atomic E-state index is 0.0589. The summed E-state index contributed by atoms with van der Waals surface area (Å²) in [6.45, 7) is 4.11. The molecule has 0 radical (unpaired) electrons. The Morgan fingerprint density at radius 3 is 2.37 bits per heavy atom. The maximum absolute atomic E-state index is 12.9. The molecule has 2 amide bonds. The molecule has 0 bridgehead atoms. The van der Waals surface area contributed by atoms with Crippen molar-refractivity contribution in [1.29, 1.82) is 0 Å². The van der Waals surface area contributed by atoms with Crippen LogP contribution in [0.5, 0.6) is 0 Å². The van der Waals surface area contributed by atoms with Gasteiger partial charge in [-0.05, 0) is 36.6 Å². The summed E-state index contributed by atoms with van der Waals surface area (Å²) in [6.07, 6.45) is 0.642. The average molecular weight is 575 g/mol. The fourth-order valence-corrected chi connectivity index (χ4v) is 4.81. The second-order valence-electron chi connectivity index (χ2n) is 8.12. The van der Waals surface area contributed by atoms with Crippen LogP contribution in [0.2, 0.25) is 20.1 Å². The Kier molecular flexibility index (Phi) is 9.72. The molecule has 7 nitrogen and oxygen atoms in total. The number of nitrogens with one attached hydrogen (secondary N) is 2. The molecule has 3 rings (SSSR count). The van der Waals surface area contributed by atoms with Crippen LogP contribution in [0.1, 0.15) is 42.5 Å². The van der Waals surface area contributed by atoms with Gasteiger partial charge in [0.25, 0.3) is 5.91 Å². The molecule has 0 spiro atoms. The first kappa shape index (κ1) is 27.6. The highest BCUT2D eigenvalue weighted by Crippen LogP contribution is 2.32. The molecular formula is C23H23Cl4N5O2S. The lowest BCUT2D eigenvalue weighted by Gasteiger charge is -2.20. The summed E-state index contributed by atoms with van der Waals surface area (Å²) in [5.74, 6) is 0.321. The molecule has 0 fully saturated rings. The van der Waals surface area contributed by atoms with Crippen LogP contribution in [-0.4, -0.2) is 32.3 Å². The maximum Gasteiger partial charge on any atom is 0.253 e. The number of carbonyl (C=O) groups excluding carboxylic acids is 2. The van der Waals surface area contributed by atoms with E-state index < -0.39 is 6.04 Å². The summed E-state index contributed by atoms with van der Waals surface area (Å²) in [5, 5.41) is 16.0. The predicted octanol–water partition coefficient (Wildman–Crippen LogP) is 6.68. The zero-order chi connectivity index (χ0) is 25.7. The molecule has 2 N–H and O–H groups in total. The van der Waals surface area contributed by atoms with Crippen LogP contribution < -0.4 is 10.6 Å². The quantitative estimate of drug-likeness (QED) is 0.220. The monoisotopic (exact) mass is 573 g/mol. The van der Waals surface area contributed by atoms with Crippen molar-refractivity contribution >= 4 is 75.7 Å². The number of thioether (sulfide) groups is 1. The van der Waals surface area contributed by atoms with E-state index in [-0.39, 0.29) is 33.5 Å². The Morgan fingerprint density at radius 2 is 1.69 bits per heavy atom. The normalized spacial score (nSPS) is 12.0. The summed E-state index contributed by atoms with van der Waals surface area (Å²) in [5.41, 5.74) is 0.752. The molecule has 1 atom stereocenters. The number of hydrogen-bond acceptors (Lipinski definition) is 5. The number of hydrogen-bond donors (Lipinski definition) is 2. The Bertz CT molecular complexity index is 1230. The van der Waals surface area contributed by atoms with Crippen LogP contribution in [-0.2, 0) is 11.8 Å². The topological polar surface area (TPSA) is 88.9 Å². The second-order valence-corrected chi connectivity index (χ2v) is 10.7. The van der Waals surface area contributed by atoms with Crippen LogP contribution in [0.4, 0.5) is 5.69 Å². The van der Waals surface area contributed by atoms with E-state index in [0.29, 0.717) is 38.7 Å². The van der Waals surface area contributed by atoms with Crippen molar-refractivity contribution in [1.82, 2.24) is 20.1 Å². The molecule has 3 aromatic rings. The molecule has 0 saturated heterocycles. The first-order chi connectivity index (χ1) is 16.6. The zero-order valence-electron chi connectivity index (χ0n) is 19.1. The summed E-state index contributed by atoms with van der Waals surface area (Å²) in [6, 6.07) is 9.42. The molecule has 1 aromatic heterocycles. The predicted molar refractivity (Wildman–Crippen MR) is 143 cm³/mol. The van der Waals surface area contributed by atoms with Gasteiger partial charge in [0.1, 0.15) is 0 Å². The van der Waals surface area contributed by atoms with Crippen molar-refractivity contribution < 1.29 is 9.59 Å². The molecule has 186 valence electrons. The van der Waals surface area contributed by atoms with Gasteiger partial charge in [-0.25, -0.2) is 0 Å². The van der Waals surface area contributed by atoms with Crippen LogP contribution in [0, 0.1) is 5.92 Å². The summed E-state index contributed by atoms with van der Waals surface area (Å²) in [4.78, 5) is 25.3. The van der Waals surface area contributed by atoms with Crippen LogP contribution in [0.15, 0.2) is 41.6 Å². The smallest absolute Gasteiger partial charge is 0.253 e. The Morgan fingerprint density at radius 1 is 1.00 bits per heavy atom. The minimum atomic E-state index is -0.394. The summed E-state index contributed by atoms with van der Waals surface area (Å²) < 4.78 is 1.77. The largest absolute Gasteiger partial charge is 0.342 e. The van der Waals surface area contributed by atoms with Gasteiger partial charge in [0.05, 0.1) is 43.1 Å². The van der Waals surface area contributed by atoms with Crippen molar-refractivity contribution in [2.45, 2.75) is 31.5 Å². The van der Waals surface area contributed by atoms with Crippen molar-refractivity contribution in [2.24, 2.45) is 13.0 Å². The highest BCUT2D eigenvalue weighted by atomic mass is 35.5. The number of halogens is 4. The first-order valence-corrected chi connectivity index (χ1v) is 13.1. The zero-order valence-corrected chi connectivity index (χ0v) is 23.0. The fraction of sp³-hybridized carbons (Fsp3) is 0.304. The lowest BCUT2D eigenvalue weighted by molar-refractivity contribution is -0.113. The van der Waals surface area contributed by atoms with Crippen LogP contribution >= 0.6 is 58.2 Å². The summed E-state index contributed by atoms with van der Waals surface area (Å²) in [7, 11) is 1.79. The Hall–Kier alpha value is -1.97. The Labute approximate surface area is 227 Å². The number of anilines is 1. The molecule has 12 heteroatoms. The third-order valence-electron chi connectivity index (χ3n) is 4.93. The molecule has 0 unspecified atom stereocenters. The van der Waals surface area contributed by atoms with E-state index in [1.165, 1.54) is 23.9 Å². The maximum atomic E-state index is 12.9. The highest BCUT2D eigenvalue weighted by molar-refractivity contribution is 7.99.